The molecule has 0 spiro atoms. The third-order valence-corrected chi connectivity index (χ3v) is 10.8. The Bertz CT molecular complexity index is 1720. The van der Waals surface area contributed by atoms with Crippen molar-refractivity contribution in [1.29, 1.82) is 0 Å². The maximum Gasteiger partial charge on any atom is 0.307 e. The van der Waals surface area contributed by atoms with Crippen LogP contribution in [0.2, 0.25) is 0 Å². The second-order valence-electron chi connectivity index (χ2n) is 14.6. The van der Waals surface area contributed by atoms with Crippen molar-refractivity contribution < 1.29 is 37.1 Å². The van der Waals surface area contributed by atoms with Crippen molar-refractivity contribution in [2.45, 2.75) is 96.3 Å². The summed E-state index contributed by atoms with van der Waals surface area (Å²) in [6.45, 7) is 5.37. The Balaban J connectivity index is 1.45. The molecule has 266 valence electrons. The van der Waals surface area contributed by atoms with E-state index in [1.807, 2.05) is 36.4 Å². The van der Waals surface area contributed by atoms with Crippen LogP contribution in [0.3, 0.4) is 0 Å². The van der Waals surface area contributed by atoms with Crippen molar-refractivity contribution in [3.63, 3.8) is 0 Å². The molecule has 5 atom stereocenters. The minimum atomic E-state index is -4.10. The normalized spacial score (nSPS) is 27.4. The molecule has 2 aliphatic heterocycles. The number of ketones is 1. The predicted molar refractivity (Wildman–Crippen MR) is 181 cm³/mol. The van der Waals surface area contributed by atoms with Gasteiger partial charge < -0.3 is 14.4 Å². The van der Waals surface area contributed by atoms with Crippen LogP contribution < -0.4 is 9.46 Å². The number of benzene rings is 1. The molecule has 1 N–H and O–H groups in total. The minimum Gasteiger partial charge on any atom is -0.471 e. The highest BCUT2D eigenvalue weighted by Gasteiger charge is 2.61. The summed E-state index contributed by atoms with van der Waals surface area (Å²) in [6, 6.07) is 6.37. The van der Waals surface area contributed by atoms with Gasteiger partial charge in [0, 0.05) is 32.9 Å². The number of amides is 2. The molecule has 2 fully saturated rings. The van der Waals surface area contributed by atoms with Gasteiger partial charge in [-0.15, -0.1) is 0 Å². The third kappa shape index (κ3) is 8.82. The van der Waals surface area contributed by atoms with Gasteiger partial charge in [0.05, 0.1) is 41.7 Å². The number of esters is 1. The van der Waals surface area contributed by atoms with Crippen molar-refractivity contribution >= 4 is 44.8 Å². The number of ether oxygens (including phenoxy) is 2. The number of carbonyl (C=O) groups is 4. The van der Waals surface area contributed by atoms with Gasteiger partial charge in [0.2, 0.25) is 17.7 Å². The van der Waals surface area contributed by atoms with Crippen LogP contribution in [-0.2, 0) is 34.1 Å². The molecule has 1 aromatic heterocycles. The molecule has 0 bridgehead atoms. The first-order valence-electron chi connectivity index (χ1n) is 16.9. The topological polar surface area (TPSA) is 165 Å². The van der Waals surface area contributed by atoms with Crippen LogP contribution in [0.4, 0.5) is 0 Å². The summed E-state index contributed by atoms with van der Waals surface area (Å²) < 4.78 is 40.1. The molecule has 13 nitrogen and oxygen atoms in total. The van der Waals surface area contributed by atoms with Crippen molar-refractivity contribution in [3.05, 3.63) is 42.6 Å². The van der Waals surface area contributed by atoms with Gasteiger partial charge >= 0.3 is 16.2 Å². The van der Waals surface area contributed by atoms with Gasteiger partial charge in [0.1, 0.15) is 11.7 Å². The second kappa shape index (κ2) is 14.5. The number of allylic oxidation sites excluding steroid dienone is 2. The summed E-state index contributed by atoms with van der Waals surface area (Å²) in [7, 11) is -1.47. The van der Waals surface area contributed by atoms with E-state index in [1.165, 1.54) is 25.2 Å². The predicted octanol–water partition coefficient (Wildman–Crippen LogP) is 3.73. The first-order valence-corrected chi connectivity index (χ1v) is 18.4. The van der Waals surface area contributed by atoms with Crippen LogP contribution >= 0.6 is 0 Å². The lowest BCUT2D eigenvalue weighted by molar-refractivity contribution is -0.159. The van der Waals surface area contributed by atoms with Gasteiger partial charge in [-0.05, 0) is 64.5 Å². The third-order valence-electron chi connectivity index (χ3n) is 9.38. The Morgan fingerprint density at radius 3 is 2.55 bits per heavy atom. The SMILES string of the molecule is CN(C)S(=O)(=O)NC(=O)[C@]12CC(=O)[C@@H]3C[C@@H](Oc4cnc5ccccc5n4)CN3C(=O)[C@@H](CC(=O)OC(C)(C)C)CCCCC/C=C\[C@H]1C2. The van der Waals surface area contributed by atoms with Gasteiger partial charge in [0.25, 0.3) is 0 Å². The summed E-state index contributed by atoms with van der Waals surface area (Å²) in [5.41, 5.74) is -0.679. The fourth-order valence-corrected chi connectivity index (χ4v) is 7.31. The highest BCUT2D eigenvalue weighted by Crippen LogP contribution is 2.57. The van der Waals surface area contributed by atoms with Crippen LogP contribution in [-0.4, -0.2) is 89.5 Å². The van der Waals surface area contributed by atoms with Crippen LogP contribution in [0.15, 0.2) is 42.6 Å². The second-order valence-corrected chi connectivity index (χ2v) is 16.4. The number of hydrogen-bond acceptors (Lipinski definition) is 10. The van der Waals surface area contributed by atoms with Crippen LogP contribution in [0.5, 0.6) is 5.88 Å². The van der Waals surface area contributed by atoms with Gasteiger partial charge in [-0.2, -0.15) is 12.7 Å². The zero-order chi connectivity index (χ0) is 35.6. The fourth-order valence-electron chi connectivity index (χ4n) is 6.69. The molecular formula is C35H47N5O8S. The summed E-state index contributed by atoms with van der Waals surface area (Å²) >= 11 is 0. The Morgan fingerprint density at radius 1 is 1.10 bits per heavy atom. The largest absolute Gasteiger partial charge is 0.471 e. The zero-order valence-electron chi connectivity index (χ0n) is 28.9. The number of para-hydroxylation sites is 2. The number of nitrogens with one attached hydrogen (secondary N) is 1. The first-order chi connectivity index (χ1) is 23.1. The fraction of sp³-hybridized carbons (Fsp3) is 0.600. The molecule has 2 aromatic rings. The Morgan fingerprint density at radius 2 is 1.84 bits per heavy atom. The highest BCUT2D eigenvalue weighted by atomic mass is 32.2. The number of Topliss-reactive ketones (excluding diaryl/α,β-unsaturated/α-hetero) is 1. The Labute approximate surface area is 288 Å². The van der Waals surface area contributed by atoms with E-state index in [4.69, 9.17) is 9.47 Å². The van der Waals surface area contributed by atoms with Gasteiger partial charge in [0.15, 0.2) is 5.78 Å². The number of carbonyl (C=O) groups excluding carboxylic acids is 4. The molecule has 3 heterocycles. The molecule has 2 amide bonds. The average Bonchev–Trinajstić information content (AvgIpc) is 3.55. The lowest BCUT2D eigenvalue weighted by atomic mass is 9.90. The molecule has 1 saturated carbocycles. The quantitative estimate of drug-likeness (QED) is 0.333. The smallest absolute Gasteiger partial charge is 0.307 e. The standard InChI is InChI=1S/C35H47N5O8S/c1-34(2,3)48-31(42)17-23-13-9-7-6-8-10-14-24-19-35(24,33(44)38-49(45,46)39(4)5)20-29(41)28-18-25(22-40(28)32(23)43)47-30-21-36-26-15-11-12-16-27(26)37-30/h10-12,14-16,21,23-25,28H,6-9,13,17-20,22H2,1-5H3,(H,38,44)/b14-10-/t23-,24+,25-,28+,35-/m1/s1. The molecule has 0 radical (unpaired) electrons. The van der Waals surface area contributed by atoms with Crippen LogP contribution in [0.1, 0.15) is 78.6 Å². The van der Waals surface area contributed by atoms with Crippen molar-refractivity contribution in [2.75, 3.05) is 20.6 Å². The minimum absolute atomic E-state index is 0.0616. The van der Waals surface area contributed by atoms with Crippen molar-refractivity contribution in [2.24, 2.45) is 17.3 Å². The zero-order valence-corrected chi connectivity index (χ0v) is 29.7. The van der Waals surface area contributed by atoms with Crippen LogP contribution in [0, 0.1) is 17.3 Å². The average molecular weight is 698 g/mol. The Hall–Kier alpha value is -3.91. The van der Waals surface area contributed by atoms with Crippen molar-refractivity contribution in [1.82, 2.24) is 23.9 Å². The molecular weight excluding hydrogens is 650 g/mol. The Kier molecular flexibility index (Phi) is 10.8. The molecule has 0 unspecified atom stereocenters. The highest BCUT2D eigenvalue weighted by molar-refractivity contribution is 7.87. The van der Waals surface area contributed by atoms with Gasteiger partial charge in [-0.25, -0.2) is 14.7 Å². The maximum atomic E-state index is 14.4. The molecule has 1 saturated heterocycles. The molecule has 49 heavy (non-hydrogen) atoms. The summed E-state index contributed by atoms with van der Waals surface area (Å²) in [6.07, 6.45) is 8.32. The van der Waals surface area contributed by atoms with Crippen LogP contribution in [0.25, 0.3) is 11.0 Å². The number of nitrogens with zero attached hydrogens (tertiary/aromatic N) is 4. The van der Waals surface area contributed by atoms with Gasteiger partial charge in [-0.1, -0.05) is 37.1 Å². The molecule has 1 aromatic carbocycles. The molecule has 3 aliphatic rings. The first kappa shape index (κ1) is 36.4. The van der Waals surface area contributed by atoms with E-state index >= 15 is 0 Å². The molecule has 14 heteroatoms. The molecule has 1 aliphatic carbocycles. The van der Waals surface area contributed by atoms with E-state index in [9.17, 15) is 27.6 Å². The number of fused-ring (bicyclic) bond motifs is 3. The lowest BCUT2D eigenvalue weighted by Crippen LogP contribution is -2.47. The van der Waals surface area contributed by atoms with E-state index in [0.717, 1.165) is 23.6 Å². The number of aromatic nitrogens is 2. The summed E-state index contributed by atoms with van der Waals surface area (Å²) in [5, 5.41) is 0. The number of rotatable bonds is 7. The summed E-state index contributed by atoms with van der Waals surface area (Å²) in [4.78, 5) is 65.7. The van der Waals surface area contributed by atoms with E-state index in [0.29, 0.717) is 30.3 Å². The van der Waals surface area contributed by atoms with E-state index in [1.54, 1.807) is 20.8 Å². The lowest BCUT2D eigenvalue weighted by Gasteiger charge is -2.29. The molecule has 5 rings (SSSR count). The van der Waals surface area contributed by atoms with E-state index < -0.39 is 51.2 Å². The van der Waals surface area contributed by atoms with Gasteiger partial charge in [-0.3, -0.25) is 19.2 Å². The van der Waals surface area contributed by atoms with Crippen molar-refractivity contribution in [3.8, 4) is 5.88 Å². The summed E-state index contributed by atoms with van der Waals surface area (Å²) in [5.74, 6) is -2.77. The number of hydrogen-bond donors (Lipinski definition) is 1. The monoisotopic (exact) mass is 697 g/mol. The maximum absolute atomic E-state index is 14.4. The van der Waals surface area contributed by atoms with E-state index in [-0.39, 0.29) is 49.3 Å². The van der Waals surface area contributed by atoms with E-state index in [2.05, 4.69) is 14.7 Å².